The molecule has 1 unspecified atom stereocenters. The van der Waals surface area contributed by atoms with Crippen LogP contribution in [0.25, 0.3) is 0 Å². The third kappa shape index (κ3) is 2.42. The zero-order valence-electron chi connectivity index (χ0n) is 11.7. The fourth-order valence-corrected chi connectivity index (χ4v) is 2.80. The van der Waals surface area contributed by atoms with Crippen molar-refractivity contribution in [3.05, 3.63) is 53.7 Å². The zero-order chi connectivity index (χ0) is 14.8. The normalized spacial score (nSPS) is 17.2. The van der Waals surface area contributed by atoms with Crippen molar-refractivity contribution >= 4 is 11.7 Å². The van der Waals surface area contributed by atoms with Crippen LogP contribution in [0.4, 0.5) is 5.69 Å². The number of aliphatic carboxylic acids is 1. The molecule has 5 heteroatoms. The quantitative estimate of drug-likeness (QED) is 0.937. The predicted octanol–water partition coefficient (Wildman–Crippen LogP) is 2.28. The number of hydrogen-bond donors (Lipinski definition) is 1. The second-order valence-corrected chi connectivity index (χ2v) is 4.94. The van der Waals surface area contributed by atoms with Gasteiger partial charge in [-0.1, -0.05) is 24.3 Å². The summed E-state index contributed by atoms with van der Waals surface area (Å²) >= 11 is 0. The average Bonchev–Trinajstić information content (AvgIpc) is 2.53. The van der Waals surface area contributed by atoms with Crippen LogP contribution in [0.5, 0.6) is 5.88 Å². The van der Waals surface area contributed by atoms with Crippen LogP contribution >= 0.6 is 0 Å². The summed E-state index contributed by atoms with van der Waals surface area (Å²) in [6, 6.07) is 10.6. The molecule has 21 heavy (non-hydrogen) atoms. The lowest BCUT2D eigenvalue weighted by Gasteiger charge is -2.36. The predicted molar refractivity (Wildman–Crippen MR) is 78.7 cm³/mol. The number of pyridine rings is 1. The number of carboxylic acid groups (broad SMARTS) is 1. The molecule has 5 nitrogen and oxygen atoms in total. The average molecular weight is 284 g/mol. The molecule has 1 aliphatic rings. The van der Waals surface area contributed by atoms with Crippen LogP contribution in [0.15, 0.2) is 42.6 Å². The van der Waals surface area contributed by atoms with Crippen molar-refractivity contribution in [1.29, 1.82) is 0 Å². The molecule has 1 aromatic carbocycles. The molecule has 0 spiro atoms. The number of benzene rings is 1. The lowest BCUT2D eigenvalue weighted by Crippen LogP contribution is -2.39. The van der Waals surface area contributed by atoms with Gasteiger partial charge in [-0.15, -0.1) is 0 Å². The van der Waals surface area contributed by atoms with Gasteiger partial charge in [0.15, 0.2) is 6.04 Å². The van der Waals surface area contributed by atoms with E-state index in [2.05, 4.69) is 4.98 Å². The Kier molecular flexibility index (Phi) is 3.48. The Hall–Kier alpha value is -2.56. The molecule has 108 valence electrons. The van der Waals surface area contributed by atoms with Crippen molar-refractivity contribution in [3.8, 4) is 5.88 Å². The number of hydrogen-bond acceptors (Lipinski definition) is 4. The third-order valence-corrected chi connectivity index (χ3v) is 3.78. The van der Waals surface area contributed by atoms with Gasteiger partial charge in [0.25, 0.3) is 0 Å². The Morgan fingerprint density at radius 2 is 2.19 bits per heavy atom. The largest absolute Gasteiger partial charge is 0.481 e. The van der Waals surface area contributed by atoms with Crippen molar-refractivity contribution in [1.82, 2.24) is 4.98 Å². The minimum atomic E-state index is -0.849. The smallest absolute Gasteiger partial charge is 0.331 e. The molecule has 1 N–H and O–H groups in total. The number of rotatable bonds is 3. The van der Waals surface area contributed by atoms with Crippen LogP contribution in [0.3, 0.4) is 0 Å². The van der Waals surface area contributed by atoms with Gasteiger partial charge in [-0.05, 0) is 23.6 Å². The summed E-state index contributed by atoms with van der Waals surface area (Å²) in [5.41, 5.74) is 2.76. The highest BCUT2D eigenvalue weighted by atomic mass is 16.5. The van der Waals surface area contributed by atoms with E-state index in [0.717, 1.165) is 23.2 Å². The lowest BCUT2D eigenvalue weighted by molar-refractivity contribution is -0.138. The highest BCUT2D eigenvalue weighted by Gasteiger charge is 2.33. The number of ether oxygens (including phenoxy) is 1. The number of fused-ring (bicyclic) bond motifs is 1. The maximum Gasteiger partial charge on any atom is 0.331 e. The SMILES string of the molecule is COc1cc(N2CCc3ccccc3C2C(=O)O)ccn1. The maximum absolute atomic E-state index is 11.8. The molecule has 0 saturated carbocycles. The van der Waals surface area contributed by atoms with E-state index in [0.29, 0.717) is 12.4 Å². The van der Waals surface area contributed by atoms with Crippen LogP contribution in [-0.4, -0.2) is 29.7 Å². The van der Waals surface area contributed by atoms with Gasteiger partial charge in [0.1, 0.15) is 0 Å². The number of anilines is 1. The highest BCUT2D eigenvalue weighted by molar-refractivity contribution is 5.81. The standard InChI is InChI=1S/C16H16N2O3/c1-21-14-10-12(6-8-17-14)18-9-7-11-4-2-3-5-13(11)15(18)16(19)20/h2-6,8,10,15H,7,9H2,1H3,(H,19,20). The summed E-state index contributed by atoms with van der Waals surface area (Å²) in [4.78, 5) is 17.7. The van der Waals surface area contributed by atoms with Crippen LogP contribution in [-0.2, 0) is 11.2 Å². The van der Waals surface area contributed by atoms with Gasteiger partial charge in [0.05, 0.1) is 7.11 Å². The molecule has 0 amide bonds. The lowest BCUT2D eigenvalue weighted by atomic mass is 9.92. The summed E-state index contributed by atoms with van der Waals surface area (Å²) in [6.45, 7) is 0.654. The first-order valence-electron chi connectivity index (χ1n) is 6.78. The van der Waals surface area contributed by atoms with Crippen molar-refractivity contribution < 1.29 is 14.6 Å². The zero-order valence-corrected chi connectivity index (χ0v) is 11.7. The van der Waals surface area contributed by atoms with Gasteiger partial charge < -0.3 is 14.7 Å². The molecule has 0 bridgehead atoms. The van der Waals surface area contributed by atoms with E-state index >= 15 is 0 Å². The van der Waals surface area contributed by atoms with E-state index in [-0.39, 0.29) is 0 Å². The molecular weight excluding hydrogens is 268 g/mol. The van der Waals surface area contributed by atoms with Gasteiger partial charge in [-0.3, -0.25) is 0 Å². The number of aromatic nitrogens is 1. The van der Waals surface area contributed by atoms with E-state index < -0.39 is 12.0 Å². The topological polar surface area (TPSA) is 62.7 Å². The van der Waals surface area contributed by atoms with E-state index in [1.165, 1.54) is 0 Å². The van der Waals surface area contributed by atoms with Crippen LogP contribution in [0.1, 0.15) is 17.2 Å². The van der Waals surface area contributed by atoms with Crippen molar-refractivity contribution in [2.24, 2.45) is 0 Å². The Balaban J connectivity index is 2.04. The van der Waals surface area contributed by atoms with Crippen LogP contribution in [0.2, 0.25) is 0 Å². The van der Waals surface area contributed by atoms with Crippen molar-refractivity contribution in [2.45, 2.75) is 12.5 Å². The van der Waals surface area contributed by atoms with E-state index in [4.69, 9.17) is 4.74 Å². The Bertz CT molecular complexity index is 672. The molecule has 1 aromatic heterocycles. The molecule has 3 rings (SSSR count). The van der Waals surface area contributed by atoms with Crippen molar-refractivity contribution in [2.75, 3.05) is 18.6 Å². The number of carbonyl (C=O) groups is 1. The first kappa shape index (κ1) is 13.4. The first-order valence-corrected chi connectivity index (χ1v) is 6.78. The van der Waals surface area contributed by atoms with E-state index in [1.807, 2.05) is 35.2 Å². The monoisotopic (exact) mass is 284 g/mol. The first-order chi connectivity index (χ1) is 10.2. The molecule has 2 heterocycles. The molecule has 0 aliphatic carbocycles. The molecule has 2 aromatic rings. The fourth-order valence-electron chi connectivity index (χ4n) is 2.80. The highest BCUT2D eigenvalue weighted by Crippen LogP contribution is 2.34. The molecule has 0 radical (unpaired) electrons. The molecule has 0 fully saturated rings. The molecular formula is C16H16N2O3. The maximum atomic E-state index is 11.8. The van der Waals surface area contributed by atoms with Gasteiger partial charge >= 0.3 is 5.97 Å². The minimum absolute atomic E-state index is 0.482. The molecule has 1 atom stereocenters. The van der Waals surface area contributed by atoms with Crippen LogP contribution < -0.4 is 9.64 Å². The molecule has 1 aliphatic heterocycles. The second kappa shape index (κ2) is 5.44. The number of methoxy groups -OCH3 is 1. The number of carboxylic acids is 1. The number of nitrogens with zero attached hydrogens (tertiary/aromatic N) is 2. The Morgan fingerprint density at radius 3 is 2.95 bits per heavy atom. The Morgan fingerprint density at radius 1 is 1.38 bits per heavy atom. The Labute approximate surface area is 122 Å². The summed E-state index contributed by atoms with van der Waals surface area (Å²) in [5.74, 6) is -0.367. The summed E-state index contributed by atoms with van der Waals surface area (Å²) < 4.78 is 5.13. The summed E-state index contributed by atoms with van der Waals surface area (Å²) in [6.07, 6.45) is 2.46. The van der Waals surface area contributed by atoms with Gasteiger partial charge in [-0.25, -0.2) is 9.78 Å². The summed E-state index contributed by atoms with van der Waals surface area (Å²) in [5, 5.41) is 9.65. The van der Waals surface area contributed by atoms with Crippen molar-refractivity contribution in [3.63, 3.8) is 0 Å². The van der Waals surface area contributed by atoms with Crippen LogP contribution in [0, 0.1) is 0 Å². The van der Waals surface area contributed by atoms with E-state index in [1.54, 1.807) is 19.4 Å². The third-order valence-electron chi connectivity index (χ3n) is 3.78. The van der Waals surface area contributed by atoms with Gasteiger partial charge in [-0.2, -0.15) is 0 Å². The summed E-state index contributed by atoms with van der Waals surface area (Å²) in [7, 11) is 1.55. The van der Waals surface area contributed by atoms with Gasteiger partial charge in [0, 0.05) is 24.5 Å². The van der Waals surface area contributed by atoms with E-state index in [9.17, 15) is 9.90 Å². The fraction of sp³-hybridized carbons (Fsp3) is 0.250. The minimum Gasteiger partial charge on any atom is -0.481 e. The van der Waals surface area contributed by atoms with Gasteiger partial charge in [0.2, 0.25) is 5.88 Å². The molecule has 0 saturated heterocycles. The second-order valence-electron chi connectivity index (χ2n) is 4.94.